The number of aryl methyl sites for hydroxylation is 1. The molecule has 1 aromatic carbocycles. The zero-order chi connectivity index (χ0) is 9.14. The maximum absolute atomic E-state index is 5.08. The van der Waals surface area contributed by atoms with Crippen molar-refractivity contribution in [2.45, 2.75) is 13.8 Å². The average Bonchev–Trinajstić information content (AvgIpc) is 2.09. The van der Waals surface area contributed by atoms with Gasteiger partial charge in [0.05, 0.1) is 0 Å². The summed E-state index contributed by atoms with van der Waals surface area (Å²) in [5.41, 5.74) is 3.37. The second-order valence-electron chi connectivity index (χ2n) is 2.73. The van der Waals surface area contributed by atoms with Crippen LogP contribution in [-0.4, -0.2) is 10.5 Å². The fourth-order valence-electron chi connectivity index (χ4n) is 1.11. The molecule has 0 heterocycles. The first-order chi connectivity index (χ1) is 5.70. The zero-order valence-electron chi connectivity index (χ0n) is 7.35. The standard InChI is InChI=1S/C10H11OSi/c1-4-9-6-5-7(2)8(3)10(9)11-12/h4-6H,1H2,2-3H3. The van der Waals surface area contributed by atoms with E-state index in [1.165, 1.54) is 5.56 Å². The van der Waals surface area contributed by atoms with Gasteiger partial charge in [-0.05, 0) is 25.0 Å². The maximum atomic E-state index is 5.08. The van der Waals surface area contributed by atoms with Crippen LogP contribution in [0.5, 0.6) is 5.75 Å². The molecular weight excluding hydrogens is 164 g/mol. The fourth-order valence-corrected chi connectivity index (χ4v) is 1.38. The molecule has 1 aromatic rings. The Labute approximate surface area is 76.6 Å². The first kappa shape index (κ1) is 9.07. The summed E-state index contributed by atoms with van der Waals surface area (Å²) >= 11 is 0. The van der Waals surface area contributed by atoms with Crippen LogP contribution in [-0.2, 0) is 0 Å². The van der Waals surface area contributed by atoms with E-state index in [1.807, 2.05) is 13.0 Å². The molecule has 0 saturated carbocycles. The maximum Gasteiger partial charge on any atom is 0.341 e. The molecule has 0 aliphatic carbocycles. The van der Waals surface area contributed by atoms with Crippen molar-refractivity contribution in [3.8, 4) is 5.75 Å². The van der Waals surface area contributed by atoms with E-state index >= 15 is 0 Å². The first-order valence-corrected chi connectivity index (χ1v) is 4.17. The van der Waals surface area contributed by atoms with Crippen molar-refractivity contribution in [3.63, 3.8) is 0 Å². The van der Waals surface area contributed by atoms with Crippen LogP contribution >= 0.6 is 0 Å². The number of benzene rings is 1. The molecule has 0 aliphatic rings. The van der Waals surface area contributed by atoms with Crippen LogP contribution in [0.4, 0.5) is 0 Å². The molecule has 0 aromatic heterocycles. The van der Waals surface area contributed by atoms with Crippen molar-refractivity contribution in [1.82, 2.24) is 0 Å². The van der Waals surface area contributed by atoms with Crippen LogP contribution in [0.1, 0.15) is 16.7 Å². The third-order valence-corrected chi connectivity index (χ3v) is 2.23. The Kier molecular flexibility index (Phi) is 2.71. The normalized spacial score (nSPS) is 9.58. The quantitative estimate of drug-likeness (QED) is 0.627. The molecule has 0 saturated heterocycles. The van der Waals surface area contributed by atoms with Crippen molar-refractivity contribution in [2.24, 2.45) is 0 Å². The van der Waals surface area contributed by atoms with E-state index in [4.69, 9.17) is 4.43 Å². The SMILES string of the molecule is C=Cc1ccc(C)c(C)c1O[Si]. The van der Waals surface area contributed by atoms with E-state index in [0.29, 0.717) is 0 Å². The van der Waals surface area contributed by atoms with E-state index in [0.717, 1.165) is 16.9 Å². The molecule has 0 unspecified atom stereocenters. The Morgan fingerprint density at radius 1 is 1.42 bits per heavy atom. The average molecular weight is 175 g/mol. The summed E-state index contributed by atoms with van der Waals surface area (Å²) in [5.74, 6) is 0.849. The zero-order valence-corrected chi connectivity index (χ0v) is 8.35. The van der Waals surface area contributed by atoms with Gasteiger partial charge >= 0.3 is 10.5 Å². The van der Waals surface area contributed by atoms with Gasteiger partial charge in [-0.15, -0.1) is 0 Å². The molecule has 1 nitrogen and oxygen atoms in total. The lowest BCUT2D eigenvalue weighted by Gasteiger charge is -2.10. The summed E-state index contributed by atoms with van der Waals surface area (Å²) in [7, 11) is 3.03. The van der Waals surface area contributed by atoms with Crippen LogP contribution in [0.25, 0.3) is 6.08 Å². The highest BCUT2D eigenvalue weighted by atomic mass is 28.2. The molecule has 0 bridgehead atoms. The Morgan fingerprint density at radius 2 is 2.08 bits per heavy atom. The monoisotopic (exact) mass is 175 g/mol. The molecule has 1 rings (SSSR count). The minimum Gasteiger partial charge on any atom is -0.540 e. The van der Waals surface area contributed by atoms with Gasteiger partial charge in [0.25, 0.3) is 0 Å². The van der Waals surface area contributed by atoms with Crippen molar-refractivity contribution in [2.75, 3.05) is 0 Å². The molecular formula is C10H11OSi. The summed E-state index contributed by atoms with van der Waals surface area (Å²) in [6.07, 6.45) is 1.78. The van der Waals surface area contributed by atoms with Crippen molar-refractivity contribution >= 4 is 16.6 Å². The number of hydrogen-bond acceptors (Lipinski definition) is 1. The third-order valence-electron chi connectivity index (χ3n) is 2.03. The molecule has 0 amide bonds. The van der Waals surface area contributed by atoms with Crippen LogP contribution < -0.4 is 4.43 Å². The molecule has 12 heavy (non-hydrogen) atoms. The molecule has 0 N–H and O–H groups in total. The Bertz CT molecular complexity index is 305. The molecule has 0 fully saturated rings. The molecule has 0 spiro atoms. The predicted octanol–water partition coefficient (Wildman–Crippen LogP) is 2.41. The van der Waals surface area contributed by atoms with Gasteiger partial charge in [0.1, 0.15) is 5.75 Å². The van der Waals surface area contributed by atoms with Crippen molar-refractivity contribution in [3.05, 3.63) is 35.4 Å². The second-order valence-corrected chi connectivity index (χ2v) is 2.94. The number of hydrogen-bond donors (Lipinski definition) is 0. The lowest BCUT2D eigenvalue weighted by Crippen LogP contribution is -1.94. The number of rotatable bonds is 2. The van der Waals surface area contributed by atoms with Gasteiger partial charge in [-0.3, -0.25) is 0 Å². The first-order valence-electron chi connectivity index (χ1n) is 3.77. The lowest BCUT2D eigenvalue weighted by atomic mass is 10.0. The van der Waals surface area contributed by atoms with Crippen LogP contribution in [0.2, 0.25) is 0 Å². The van der Waals surface area contributed by atoms with Crippen LogP contribution in [0.3, 0.4) is 0 Å². The Balaban J connectivity index is 3.35. The molecule has 2 heteroatoms. The fraction of sp³-hybridized carbons (Fsp3) is 0.200. The van der Waals surface area contributed by atoms with E-state index in [-0.39, 0.29) is 0 Å². The third kappa shape index (κ3) is 1.43. The van der Waals surface area contributed by atoms with Gasteiger partial charge in [-0.1, -0.05) is 24.8 Å². The molecule has 0 aliphatic heterocycles. The lowest BCUT2D eigenvalue weighted by molar-refractivity contribution is 0.608. The summed E-state index contributed by atoms with van der Waals surface area (Å²) < 4.78 is 5.08. The smallest absolute Gasteiger partial charge is 0.341 e. The largest absolute Gasteiger partial charge is 0.540 e. The van der Waals surface area contributed by atoms with E-state index in [2.05, 4.69) is 30.1 Å². The molecule has 61 valence electrons. The predicted molar refractivity (Wildman–Crippen MR) is 52.4 cm³/mol. The van der Waals surface area contributed by atoms with Crippen molar-refractivity contribution < 1.29 is 4.43 Å². The van der Waals surface area contributed by atoms with Crippen LogP contribution in [0, 0.1) is 13.8 Å². The highest BCUT2D eigenvalue weighted by molar-refractivity contribution is 6.00. The van der Waals surface area contributed by atoms with E-state index in [9.17, 15) is 0 Å². The Morgan fingerprint density at radius 3 is 2.58 bits per heavy atom. The van der Waals surface area contributed by atoms with Gasteiger partial charge in [-0.25, -0.2) is 0 Å². The highest BCUT2D eigenvalue weighted by Gasteiger charge is 2.04. The molecule has 3 radical (unpaired) electrons. The van der Waals surface area contributed by atoms with Crippen molar-refractivity contribution in [1.29, 1.82) is 0 Å². The van der Waals surface area contributed by atoms with Gasteiger partial charge in [0.15, 0.2) is 0 Å². The summed E-state index contributed by atoms with van der Waals surface area (Å²) in [6.45, 7) is 7.79. The molecule has 0 atom stereocenters. The minimum atomic E-state index is 0.849. The topological polar surface area (TPSA) is 9.23 Å². The second kappa shape index (κ2) is 3.58. The van der Waals surface area contributed by atoms with Gasteiger partial charge in [-0.2, -0.15) is 0 Å². The van der Waals surface area contributed by atoms with E-state index in [1.54, 1.807) is 6.08 Å². The van der Waals surface area contributed by atoms with Gasteiger partial charge < -0.3 is 4.43 Å². The highest BCUT2D eigenvalue weighted by Crippen LogP contribution is 2.26. The minimum absolute atomic E-state index is 0.849. The van der Waals surface area contributed by atoms with E-state index < -0.39 is 0 Å². The summed E-state index contributed by atoms with van der Waals surface area (Å²) in [5, 5.41) is 0. The summed E-state index contributed by atoms with van der Waals surface area (Å²) in [6, 6.07) is 4.05. The summed E-state index contributed by atoms with van der Waals surface area (Å²) in [4.78, 5) is 0. The Hall–Kier alpha value is -1.02. The van der Waals surface area contributed by atoms with Crippen LogP contribution in [0.15, 0.2) is 18.7 Å². The van der Waals surface area contributed by atoms with Gasteiger partial charge in [0, 0.05) is 5.56 Å². The van der Waals surface area contributed by atoms with Gasteiger partial charge in [0.2, 0.25) is 0 Å².